The Balaban J connectivity index is 2.03. The third-order valence-electron chi connectivity index (χ3n) is 3.83. The number of hydrogen-bond donors (Lipinski definition) is 1. The molecule has 5 nitrogen and oxygen atoms in total. The van der Waals surface area contributed by atoms with Gasteiger partial charge in [0.2, 0.25) is 10.0 Å². The molecule has 1 aliphatic carbocycles. The van der Waals surface area contributed by atoms with Crippen LogP contribution in [0.5, 0.6) is 0 Å². The van der Waals surface area contributed by atoms with Crippen molar-refractivity contribution in [2.24, 2.45) is 5.92 Å². The average Bonchev–Trinajstić information content (AvgIpc) is 2.80. The summed E-state index contributed by atoms with van der Waals surface area (Å²) in [5, 5.41) is 8.61. The lowest BCUT2D eigenvalue weighted by Gasteiger charge is -2.26. The number of rotatable bonds is 3. The lowest BCUT2D eigenvalue weighted by Crippen LogP contribution is -2.38. The first-order valence-corrected chi connectivity index (χ1v) is 7.74. The Morgan fingerprint density at radius 1 is 1.12 bits per heavy atom. The van der Waals surface area contributed by atoms with E-state index in [9.17, 15) is 13.2 Å². The molecule has 17 heavy (non-hydrogen) atoms. The molecule has 0 aromatic carbocycles. The zero-order chi connectivity index (χ0) is 12.5. The van der Waals surface area contributed by atoms with Gasteiger partial charge in [-0.2, -0.15) is 0 Å². The first kappa shape index (κ1) is 12.8. The van der Waals surface area contributed by atoms with E-state index in [4.69, 9.17) is 5.11 Å². The van der Waals surface area contributed by atoms with Crippen LogP contribution in [0.25, 0.3) is 0 Å². The number of carbonyl (C=O) groups is 1. The molecule has 0 spiro atoms. The van der Waals surface area contributed by atoms with Crippen molar-refractivity contribution >= 4 is 16.0 Å². The van der Waals surface area contributed by atoms with E-state index in [0.717, 1.165) is 32.1 Å². The Bertz CT molecular complexity index is 386. The fraction of sp³-hybridized carbons (Fsp3) is 0.909. The molecule has 1 saturated heterocycles. The quantitative estimate of drug-likeness (QED) is 0.824. The van der Waals surface area contributed by atoms with Gasteiger partial charge in [0, 0.05) is 13.1 Å². The van der Waals surface area contributed by atoms with Gasteiger partial charge in [0.05, 0.1) is 11.2 Å². The standard InChI is InChI=1S/C11H19NO4S/c13-11(14)9-6-7-12(8-9)17(15,16)10-4-2-1-3-5-10/h9-10H,1-8H2,(H,13,14). The van der Waals surface area contributed by atoms with Crippen LogP contribution in [-0.2, 0) is 14.8 Å². The molecule has 0 aromatic heterocycles. The number of nitrogens with zero attached hydrogens (tertiary/aromatic N) is 1. The molecular weight excluding hydrogens is 242 g/mol. The molecule has 6 heteroatoms. The summed E-state index contributed by atoms with van der Waals surface area (Å²) in [6, 6.07) is 0. The molecule has 98 valence electrons. The molecule has 0 aromatic rings. The van der Waals surface area contributed by atoms with Crippen molar-refractivity contribution in [2.45, 2.75) is 43.8 Å². The molecule has 2 aliphatic rings. The summed E-state index contributed by atoms with van der Waals surface area (Å²) in [6.45, 7) is 0.532. The maximum absolute atomic E-state index is 12.3. The van der Waals surface area contributed by atoms with Gasteiger partial charge in [-0.1, -0.05) is 19.3 Å². The molecule has 1 unspecified atom stereocenters. The van der Waals surface area contributed by atoms with Crippen LogP contribution in [0.1, 0.15) is 38.5 Å². The summed E-state index contributed by atoms with van der Waals surface area (Å²) < 4.78 is 26.0. The van der Waals surface area contributed by atoms with E-state index in [1.165, 1.54) is 4.31 Å². The molecule has 2 fully saturated rings. The first-order chi connectivity index (χ1) is 8.01. The van der Waals surface area contributed by atoms with Gasteiger partial charge >= 0.3 is 5.97 Å². The highest BCUT2D eigenvalue weighted by Crippen LogP contribution is 2.29. The van der Waals surface area contributed by atoms with Crippen LogP contribution in [-0.4, -0.2) is 42.1 Å². The molecular formula is C11H19NO4S. The number of sulfonamides is 1. The Kier molecular flexibility index (Phi) is 3.73. The molecule has 1 aliphatic heterocycles. The first-order valence-electron chi connectivity index (χ1n) is 6.23. The number of hydrogen-bond acceptors (Lipinski definition) is 3. The predicted molar refractivity (Wildman–Crippen MR) is 63.1 cm³/mol. The van der Waals surface area contributed by atoms with Crippen molar-refractivity contribution in [3.8, 4) is 0 Å². The normalized spacial score (nSPS) is 28.4. The summed E-state index contributed by atoms with van der Waals surface area (Å²) >= 11 is 0. The summed E-state index contributed by atoms with van der Waals surface area (Å²) in [7, 11) is -3.26. The molecule has 1 saturated carbocycles. The maximum atomic E-state index is 12.3. The zero-order valence-electron chi connectivity index (χ0n) is 9.84. The van der Waals surface area contributed by atoms with Crippen LogP contribution in [0.4, 0.5) is 0 Å². The minimum Gasteiger partial charge on any atom is -0.481 e. The SMILES string of the molecule is O=C(O)C1CCN(S(=O)(=O)C2CCCCC2)C1. The third-order valence-corrected chi connectivity index (χ3v) is 6.20. The maximum Gasteiger partial charge on any atom is 0.307 e. The highest BCUT2D eigenvalue weighted by Gasteiger charge is 2.39. The summed E-state index contributed by atoms with van der Waals surface area (Å²) in [5.74, 6) is -1.40. The molecule has 0 radical (unpaired) electrons. The van der Waals surface area contributed by atoms with Crippen molar-refractivity contribution in [2.75, 3.05) is 13.1 Å². The van der Waals surface area contributed by atoms with Gasteiger partial charge in [0.25, 0.3) is 0 Å². The second-order valence-electron chi connectivity index (χ2n) is 4.99. The Morgan fingerprint density at radius 3 is 2.29 bits per heavy atom. The van der Waals surface area contributed by atoms with Gasteiger partial charge in [-0.15, -0.1) is 0 Å². The fourth-order valence-electron chi connectivity index (χ4n) is 2.73. The fourth-order valence-corrected chi connectivity index (χ4v) is 4.83. The van der Waals surface area contributed by atoms with Crippen LogP contribution in [0, 0.1) is 5.92 Å². The number of carboxylic acids is 1. The number of aliphatic carboxylic acids is 1. The van der Waals surface area contributed by atoms with Gasteiger partial charge in [-0.3, -0.25) is 4.79 Å². The predicted octanol–water partition coefficient (Wildman–Crippen LogP) is 1.06. The van der Waals surface area contributed by atoms with Crippen molar-refractivity contribution in [1.82, 2.24) is 4.31 Å². The van der Waals surface area contributed by atoms with Gasteiger partial charge in [0.15, 0.2) is 0 Å². The second kappa shape index (κ2) is 4.94. The topological polar surface area (TPSA) is 74.7 Å². The van der Waals surface area contributed by atoms with E-state index in [1.807, 2.05) is 0 Å². The highest BCUT2D eigenvalue weighted by molar-refractivity contribution is 7.89. The van der Waals surface area contributed by atoms with Crippen LogP contribution >= 0.6 is 0 Å². The second-order valence-corrected chi connectivity index (χ2v) is 7.20. The summed E-state index contributed by atoms with van der Waals surface area (Å²) in [5.41, 5.74) is 0. The highest BCUT2D eigenvalue weighted by atomic mass is 32.2. The van der Waals surface area contributed by atoms with E-state index in [0.29, 0.717) is 13.0 Å². The molecule has 0 bridgehead atoms. The van der Waals surface area contributed by atoms with Crippen molar-refractivity contribution in [3.05, 3.63) is 0 Å². The zero-order valence-corrected chi connectivity index (χ0v) is 10.7. The summed E-state index contributed by atoms with van der Waals surface area (Å²) in [6.07, 6.45) is 4.97. The Hall–Kier alpha value is -0.620. The van der Waals surface area contributed by atoms with Crippen LogP contribution in [0.3, 0.4) is 0 Å². The minimum atomic E-state index is -3.26. The van der Waals surface area contributed by atoms with E-state index in [1.54, 1.807) is 0 Å². The molecule has 1 atom stereocenters. The van der Waals surface area contributed by atoms with Gasteiger partial charge < -0.3 is 5.11 Å². The molecule has 0 amide bonds. The van der Waals surface area contributed by atoms with Crippen LogP contribution in [0.15, 0.2) is 0 Å². The van der Waals surface area contributed by atoms with E-state index in [-0.39, 0.29) is 11.8 Å². The molecule has 1 heterocycles. The van der Waals surface area contributed by atoms with Gasteiger partial charge in [0.1, 0.15) is 0 Å². The van der Waals surface area contributed by atoms with E-state index < -0.39 is 21.9 Å². The van der Waals surface area contributed by atoms with Crippen LogP contribution in [0.2, 0.25) is 0 Å². The summed E-state index contributed by atoms with van der Waals surface area (Å²) in [4.78, 5) is 10.8. The van der Waals surface area contributed by atoms with E-state index in [2.05, 4.69) is 0 Å². The number of carboxylic acid groups (broad SMARTS) is 1. The van der Waals surface area contributed by atoms with Gasteiger partial charge in [-0.25, -0.2) is 12.7 Å². The van der Waals surface area contributed by atoms with Crippen molar-refractivity contribution in [3.63, 3.8) is 0 Å². The molecule has 1 N–H and O–H groups in total. The van der Waals surface area contributed by atoms with Crippen LogP contribution < -0.4 is 0 Å². The Labute approximate surface area is 102 Å². The lowest BCUT2D eigenvalue weighted by atomic mass is 10.0. The monoisotopic (exact) mass is 261 g/mol. The largest absolute Gasteiger partial charge is 0.481 e. The van der Waals surface area contributed by atoms with E-state index >= 15 is 0 Å². The smallest absolute Gasteiger partial charge is 0.307 e. The van der Waals surface area contributed by atoms with Crippen molar-refractivity contribution < 1.29 is 18.3 Å². The average molecular weight is 261 g/mol. The van der Waals surface area contributed by atoms with Gasteiger partial charge in [-0.05, 0) is 19.3 Å². The Morgan fingerprint density at radius 2 is 1.76 bits per heavy atom. The minimum absolute atomic E-state index is 0.161. The third kappa shape index (κ3) is 2.63. The lowest BCUT2D eigenvalue weighted by molar-refractivity contribution is -0.141. The van der Waals surface area contributed by atoms with Crippen molar-refractivity contribution in [1.29, 1.82) is 0 Å². The molecule has 2 rings (SSSR count).